The minimum Gasteiger partial charge on any atom is -0.494 e. The molecule has 1 atom stereocenters. The number of pyridine rings is 1. The summed E-state index contributed by atoms with van der Waals surface area (Å²) in [7, 11) is 1.55. The molecule has 4 N–H and O–H groups in total. The van der Waals surface area contributed by atoms with Crippen LogP contribution in [0.2, 0.25) is 0 Å². The molecule has 212 valence electrons. The number of ether oxygens (including phenoxy) is 2. The highest BCUT2D eigenvalue weighted by atomic mass is 19.1. The van der Waals surface area contributed by atoms with Gasteiger partial charge in [-0.05, 0) is 59.7 Å². The molecule has 2 amide bonds. The molecule has 0 aliphatic carbocycles. The molecule has 0 bridgehead atoms. The van der Waals surface area contributed by atoms with Gasteiger partial charge in [0.1, 0.15) is 24.2 Å². The highest BCUT2D eigenvalue weighted by Crippen LogP contribution is 2.33. The lowest BCUT2D eigenvalue weighted by molar-refractivity contribution is -0.117. The van der Waals surface area contributed by atoms with E-state index in [1.807, 2.05) is 30.5 Å². The Kier molecular flexibility index (Phi) is 7.11. The van der Waals surface area contributed by atoms with Crippen molar-refractivity contribution in [2.24, 2.45) is 5.73 Å². The van der Waals surface area contributed by atoms with E-state index in [1.54, 1.807) is 46.9 Å². The molecule has 1 fully saturated rings. The molecule has 0 saturated carbocycles. The van der Waals surface area contributed by atoms with Crippen molar-refractivity contribution in [3.63, 3.8) is 0 Å². The zero-order valence-corrected chi connectivity index (χ0v) is 22.5. The largest absolute Gasteiger partial charge is 0.494 e. The Bertz CT molecular complexity index is 1770. The van der Waals surface area contributed by atoms with Crippen molar-refractivity contribution in [3.05, 3.63) is 96.4 Å². The van der Waals surface area contributed by atoms with Gasteiger partial charge in [-0.15, -0.1) is 5.10 Å². The molecule has 11 nitrogen and oxygen atoms in total. The number of hydrogen-bond donors (Lipinski definition) is 3. The maximum atomic E-state index is 13.2. The third-order valence-electron chi connectivity index (χ3n) is 6.83. The fourth-order valence-electron chi connectivity index (χ4n) is 4.59. The SMILES string of the molecule is COc1cc(N2CCOC2=O)ccc1Nc1nc2ccc(-c3ccc(NC(=O)[C@@H](N)c4ccc(F)cc4)cc3)cn2n1. The van der Waals surface area contributed by atoms with Crippen LogP contribution in [-0.2, 0) is 9.53 Å². The van der Waals surface area contributed by atoms with E-state index in [-0.39, 0.29) is 6.09 Å². The quantitative estimate of drug-likeness (QED) is 0.241. The molecule has 0 spiro atoms. The maximum absolute atomic E-state index is 13.2. The molecule has 1 aliphatic heterocycles. The number of halogens is 1. The number of methoxy groups -OCH3 is 1. The summed E-state index contributed by atoms with van der Waals surface area (Å²) in [6.45, 7) is 0.830. The van der Waals surface area contributed by atoms with Gasteiger partial charge >= 0.3 is 6.09 Å². The van der Waals surface area contributed by atoms with Crippen LogP contribution >= 0.6 is 0 Å². The molecule has 1 aliphatic rings. The number of amides is 2. The van der Waals surface area contributed by atoms with Crippen molar-refractivity contribution < 1.29 is 23.5 Å². The number of carbonyl (C=O) groups is 2. The first-order chi connectivity index (χ1) is 20.4. The fraction of sp³-hybridized carbons (Fsp3) is 0.133. The van der Waals surface area contributed by atoms with Crippen molar-refractivity contribution in [1.29, 1.82) is 0 Å². The predicted octanol–water partition coefficient (Wildman–Crippen LogP) is 4.88. The number of nitrogens with one attached hydrogen (secondary N) is 2. The summed E-state index contributed by atoms with van der Waals surface area (Å²) in [6.07, 6.45) is 1.46. The van der Waals surface area contributed by atoms with Gasteiger partial charge in [0.05, 0.1) is 25.0 Å². The summed E-state index contributed by atoms with van der Waals surface area (Å²) in [5, 5.41) is 10.5. The van der Waals surface area contributed by atoms with E-state index in [0.29, 0.717) is 53.1 Å². The lowest BCUT2D eigenvalue weighted by atomic mass is 10.1. The average Bonchev–Trinajstić information content (AvgIpc) is 3.62. The topological polar surface area (TPSA) is 136 Å². The van der Waals surface area contributed by atoms with Crippen molar-refractivity contribution >= 4 is 40.7 Å². The van der Waals surface area contributed by atoms with Gasteiger partial charge < -0.3 is 25.8 Å². The standard InChI is InChI=1S/C30H26FN7O4/c1-41-25-16-23(37-14-15-42-30(37)40)11-12-24(25)34-29-35-26-13-6-20(17-38(26)36-29)18-4-9-22(10-5-18)33-28(39)27(32)19-2-7-21(31)8-3-19/h2-13,16-17,27H,14-15,32H2,1H3,(H,33,39)(H,34,36)/t27-/m0/s1. The second-order valence-corrected chi connectivity index (χ2v) is 9.53. The molecule has 12 heteroatoms. The van der Waals surface area contributed by atoms with E-state index < -0.39 is 17.8 Å². The number of rotatable bonds is 8. The van der Waals surface area contributed by atoms with E-state index in [0.717, 1.165) is 11.1 Å². The number of carbonyl (C=O) groups excluding carboxylic acids is 2. The lowest BCUT2D eigenvalue weighted by Crippen LogP contribution is -2.27. The molecular weight excluding hydrogens is 541 g/mol. The summed E-state index contributed by atoms with van der Waals surface area (Å²) in [4.78, 5) is 30.6. The zero-order chi connectivity index (χ0) is 29.2. The first-order valence-corrected chi connectivity index (χ1v) is 13.1. The number of nitrogens with two attached hydrogens (primary N) is 1. The molecule has 2 aromatic heterocycles. The van der Waals surface area contributed by atoms with Gasteiger partial charge in [0, 0.05) is 23.5 Å². The number of hydrogen-bond acceptors (Lipinski definition) is 8. The van der Waals surface area contributed by atoms with E-state index in [2.05, 4.69) is 20.7 Å². The van der Waals surface area contributed by atoms with E-state index in [9.17, 15) is 14.0 Å². The van der Waals surface area contributed by atoms with Crippen LogP contribution in [-0.4, -0.2) is 46.9 Å². The van der Waals surface area contributed by atoms with Crippen LogP contribution in [0.15, 0.2) is 85.1 Å². The Hall–Kier alpha value is -5.49. The van der Waals surface area contributed by atoms with E-state index in [4.69, 9.17) is 15.2 Å². The summed E-state index contributed by atoms with van der Waals surface area (Å²) in [5.41, 5.74) is 10.9. The molecule has 1 saturated heterocycles. The Balaban J connectivity index is 1.15. The first-order valence-electron chi connectivity index (χ1n) is 13.1. The van der Waals surface area contributed by atoms with E-state index in [1.165, 1.54) is 24.3 Å². The van der Waals surface area contributed by atoms with Crippen LogP contribution in [0.5, 0.6) is 5.75 Å². The van der Waals surface area contributed by atoms with Gasteiger partial charge in [0.15, 0.2) is 5.65 Å². The Morgan fingerprint density at radius 1 is 1.05 bits per heavy atom. The summed E-state index contributed by atoms with van der Waals surface area (Å²) in [5.74, 6) is 0.104. The smallest absolute Gasteiger partial charge is 0.414 e. The highest BCUT2D eigenvalue weighted by molar-refractivity contribution is 5.95. The Morgan fingerprint density at radius 3 is 2.52 bits per heavy atom. The van der Waals surface area contributed by atoms with Crippen molar-refractivity contribution in [2.75, 3.05) is 35.8 Å². The van der Waals surface area contributed by atoms with Gasteiger partial charge in [0.2, 0.25) is 11.9 Å². The molecule has 3 aromatic carbocycles. The van der Waals surface area contributed by atoms with Gasteiger partial charge in [-0.25, -0.2) is 13.7 Å². The number of cyclic esters (lactones) is 1. The first kappa shape index (κ1) is 26.7. The van der Waals surface area contributed by atoms with Crippen molar-refractivity contribution in [3.8, 4) is 16.9 Å². The second-order valence-electron chi connectivity index (χ2n) is 9.53. The van der Waals surface area contributed by atoms with Gasteiger partial charge in [-0.2, -0.15) is 4.98 Å². The van der Waals surface area contributed by atoms with Crippen LogP contribution in [0.3, 0.4) is 0 Å². The lowest BCUT2D eigenvalue weighted by Gasteiger charge is -2.16. The van der Waals surface area contributed by atoms with Crippen LogP contribution in [0.4, 0.5) is 32.2 Å². The number of benzene rings is 3. The summed E-state index contributed by atoms with van der Waals surface area (Å²) < 4.78 is 25.4. The van der Waals surface area contributed by atoms with Crippen LogP contribution in [0.25, 0.3) is 16.8 Å². The zero-order valence-electron chi connectivity index (χ0n) is 22.5. The van der Waals surface area contributed by atoms with Gasteiger partial charge in [-0.3, -0.25) is 9.69 Å². The molecule has 6 rings (SSSR count). The monoisotopic (exact) mass is 567 g/mol. The van der Waals surface area contributed by atoms with Crippen LogP contribution < -0.4 is 26.0 Å². The molecule has 3 heterocycles. The highest BCUT2D eigenvalue weighted by Gasteiger charge is 2.24. The van der Waals surface area contributed by atoms with Gasteiger partial charge in [0.25, 0.3) is 0 Å². The summed E-state index contributed by atoms with van der Waals surface area (Å²) in [6, 6.07) is 21.0. The number of anilines is 4. The fourth-order valence-corrected chi connectivity index (χ4v) is 4.59. The van der Waals surface area contributed by atoms with Crippen molar-refractivity contribution in [1.82, 2.24) is 14.6 Å². The third kappa shape index (κ3) is 5.43. The Labute approximate surface area is 239 Å². The minimum atomic E-state index is -0.926. The van der Waals surface area contributed by atoms with E-state index >= 15 is 0 Å². The van der Waals surface area contributed by atoms with Gasteiger partial charge in [-0.1, -0.05) is 24.3 Å². The number of nitrogens with zero attached hydrogens (tertiary/aromatic N) is 4. The normalized spacial score (nSPS) is 13.6. The third-order valence-corrected chi connectivity index (χ3v) is 6.83. The Morgan fingerprint density at radius 2 is 1.81 bits per heavy atom. The van der Waals surface area contributed by atoms with Crippen LogP contribution in [0.1, 0.15) is 11.6 Å². The molecule has 0 unspecified atom stereocenters. The van der Waals surface area contributed by atoms with Crippen LogP contribution in [0, 0.1) is 5.82 Å². The predicted molar refractivity (Wildman–Crippen MR) is 155 cm³/mol. The molecule has 42 heavy (non-hydrogen) atoms. The maximum Gasteiger partial charge on any atom is 0.414 e. The minimum absolute atomic E-state index is 0.350. The summed E-state index contributed by atoms with van der Waals surface area (Å²) >= 11 is 0. The van der Waals surface area contributed by atoms with Crippen molar-refractivity contribution in [2.45, 2.75) is 6.04 Å². The number of fused-ring (bicyclic) bond motifs is 1. The molecule has 5 aromatic rings. The molecule has 0 radical (unpaired) electrons. The average molecular weight is 568 g/mol. The number of aromatic nitrogens is 3. The molecular formula is C30H26FN7O4. The second kappa shape index (κ2) is 11.2.